The largest absolute Gasteiger partial charge is 0.361 e. The van der Waals surface area contributed by atoms with Crippen LogP contribution in [0.3, 0.4) is 0 Å². The van der Waals surface area contributed by atoms with Gasteiger partial charge in [-0.1, -0.05) is 35.9 Å². The van der Waals surface area contributed by atoms with E-state index in [9.17, 15) is 0 Å². The van der Waals surface area contributed by atoms with E-state index in [4.69, 9.17) is 0 Å². The molecule has 0 fully saturated rings. The minimum absolute atomic E-state index is 1.02. The zero-order valence-corrected chi connectivity index (χ0v) is 11.1. The summed E-state index contributed by atoms with van der Waals surface area (Å²) in [6.07, 6.45) is 3.92. The SMILES string of the molecule is Cc1ccc(N=Cc2c[nH]c3ccccc23)c(C)c1. The third-order valence-corrected chi connectivity index (χ3v) is 3.32. The quantitative estimate of drug-likeness (QED) is 0.645. The monoisotopic (exact) mass is 248 g/mol. The maximum Gasteiger partial charge on any atom is 0.0659 e. The number of aryl methyl sites for hydroxylation is 2. The second kappa shape index (κ2) is 4.73. The van der Waals surface area contributed by atoms with Crippen LogP contribution in [0.25, 0.3) is 10.9 Å². The summed E-state index contributed by atoms with van der Waals surface area (Å²) in [6.45, 7) is 4.19. The van der Waals surface area contributed by atoms with Gasteiger partial charge in [-0.05, 0) is 31.5 Å². The van der Waals surface area contributed by atoms with Gasteiger partial charge in [-0.3, -0.25) is 4.99 Å². The molecule has 3 rings (SSSR count). The van der Waals surface area contributed by atoms with Gasteiger partial charge in [-0.2, -0.15) is 0 Å². The second-order valence-electron chi connectivity index (χ2n) is 4.84. The Morgan fingerprint density at radius 3 is 2.74 bits per heavy atom. The van der Waals surface area contributed by atoms with Crippen molar-refractivity contribution >= 4 is 22.8 Å². The van der Waals surface area contributed by atoms with Crippen molar-refractivity contribution in [1.29, 1.82) is 0 Å². The number of nitrogens with zero attached hydrogens (tertiary/aromatic N) is 1. The molecule has 2 aromatic carbocycles. The Labute approximate surface area is 112 Å². The smallest absolute Gasteiger partial charge is 0.0659 e. The highest BCUT2D eigenvalue weighted by molar-refractivity contribution is 5.99. The third kappa shape index (κ3) is 2.29. The van der Waals surface area contributed by atoms with E-state index in [-0.39, 0.29) is 0 Å². The maximum atomic E-state index is 4.59. The van der Waals surface area contributed by atoms with Gasteiger partial charge in [0.15, 0.2) is 0 Å². The van der Waals surface area contributed by atoms with Crippen LogP contribution in [0.4, 0.5) is 5.69 Å². The summed E-state index contributed by atoms with van der Waals surface area (Å²) < 4.78 is 0. The summed E-state index contributed by atoms with van der Waals surface area (Å²) in [5, 5.41) is 1.20. The van der Waals surface area contributed by atoms with E-state index in [1.165, 1.54) is 16.5 Å². The molecule has 0 saturated heterocycles. The van der Waals surface area contributed by atoms with Crippen molar-refractivity contribution < 1.29 is 0 Å². The number of hydrogen-bond donors (Lipinski definition) is 1. The fourth-order valence-corrected chi connectivity index (χ4v) is 2.29. The molecule has 0 atom stereocenters. The van der Waals surface area contributed by atoms with Crippen molar-refractivity contribution in [3.05, 3.63) is 65.4 Å². The third-order valence-electron chi connectivity index (χ3n) is 3.32. The molecule has 0 unspecified atom stereocenters. The molecule has 0 spiro atoms. The molecule has 94 valence electrons. The highest BCUT2D eigenvalue weighted by Crippen LogP contribution is 2.21. The molecule has 1 heterocycles. The van der Waals surface area contributed by atoms with Gasteiger partial charge in [0, 0.05) is 28.9 Å². The van der Waals surface area contributed by atoms with Crippen LogP contribution in [0.1, 0.15) is 16.7 Å². The summed E-state index contributed by atoms with van der Waals surface area (Å²) in [6, 6.07) is 14.6. The second-order valence-corrected chi connectivity index (χ2v) is 4.84. The molecule has 0 aliphatic heterocycles. The van der Waals surface area contributed by atoms with E-state index >= 15 is 0 Å². The van der Waals surface area contributed by atoms with Crippen LogP contribution in [0.15, 0.2) is 53.7 Å². The fourth-order valence-electron chi connectivity index (χ4n) is 2.29. The number of aromatic nitrogens is 1. The minimum atomic E-state index is 1.02. The van der Waals surface area contributed by atoms with Gasteiger partial charge in [0.1, 0.15) is 0 Å². The van der Waals surface area contributed by atoms with Gasteiger partial charge >= 0.3 is 0 Å². The molecule has 2 heteroatoms. The first-order valence-corrected chi connectivity index (χ1v) is 6.41. The lowest BCUT2D eigenvalue weighted by Gasteiger charge is -2.00. The molecule has 19 heavy (non-hydrogen) atoms. The van der Waals surface area contributed by atoms with Gasteiger partial charge in [-0.15, -0.1) is 0 Å². The number of para-hydroxylation sites is 1. The molecule has 2 nitrogen and oxygen atoms in total. The molecule has 1 aromatic heterocycles. The lowest BCUT2D eigenvalue weighted by atomic mass is 10.1. The van der Waals surface area contributed by atoms with Crippen molar-refractivity contribution in [3.8, 4) is 0 Å². The number of hydrogen-bond acceptors (Lipinski definition) is 1. The number of H-pyrrole nitrogens is 1. The van der Waals surface area contributed by atoms with Crippen LogP contribution < -0.4 is 0 Å². The number of nitrogens with one attached hydrogen (secondary N) is 1. The average Bonchev–Trinajstić information content (AvgIpc) is 2.81. The lowest BCUT2D eigenvalue weighted by molar-refractivity contribution is 1.35. The molecule has 0 bridgehead atoms. The van der Waals surface area contributed by atoms with Crippen LogP contribution in [-0.4, -0.2) is 11.2 Å². The first-order valence-electron chi connectivity index (χ1n) is 6.41. The molecule has 1 N–H and O–H groups in total. The van der Waals surface area contributed by atoms with E-state index < -0.39 is 0 Å². The van der Waals surface area contributed by atoms with E-state index in [1.54, 1.807) is 0 Å². The summed E-state index contributed by atoms with van der Waals surface area (Å²) in [4.78, 5) is 7.85. The van der Waals surface area contributed by atoms with Gasteiger partial charge in [0.25, 0.3) is 0 Å². The van der Waals surface area contributed by atoms with Gasteiger partial charge in [0.05, 0.1) is 5.69 Å². The molecule has 0 aliphatic carbocycles. The molecule has 0 radical (unpaired) electrons. The first-order chi connectivity index (χ1) is 9.24. The van der Waals surface area contributed by atoms with Gasteiger partial charge in [-0.25, -0.2) is 0 Å². The normalized spacial score (nSPS) is 11.5. The molecular weight excluding hydrogens is 232 g/mol. The molecule has 0 aliphatic rings. The summed E-state index contributed by atoms with van der Waals surface area (Å²) >= 11 is 0. The van der Waals surface area contributed by atoms with Crippen molar-refractivity contribution in [2.75, 3.05) is 0 Å². The Balaban J connectivity index is 1.98. The zero-order valence-electron chi connectivity index (χ0n) is 11.1. The van der Waals surface area contributed by atoms with Crippen molar-refractivity contribution in [1.82, 2.24) is 4.98 Å². The minimum Gasteiger partial charge on any atom is -0.361 e. The number of fused-ring (bicyclic) bond motifs is 1. The predicted molar refractivity (Wildman–Crippen MR) is 81.5 cm³/mol. The number of benzene rings is 2. The number of aromatic amines is 1. The predicted octanol–water partition coefficient (Wildman–Crippen LogP) is 4.54. The summed E-state index contributed by atoms with van der Waals surface area (Å²) in [5.41, 5.74) is 5.76. The number of rotatable bonds is 2. The van der Waals surface area contributed by atoms with Crippen molar-refractivity contribution in [3.63, 3.8) is 0 Å². The van der Waals surface area contributed by atoms with Crippen LogP contribution in [0.5, 0.6) is 0 Å². The lowest BCUT2D eigenvalue weighted by Crippen LogP contribution is -1.80. The van der Waals surface area contributed by atoms with Crippen LogP contribution in [0.2, 0.25) is 0 Å². The molecule has 0 saturated carbocycles. The standard InChI is InChI=1S/C17H16N2/c1-12-7-8-16(13(2)9-12)18-10-14-11-19-17-6-4-3-5-15(14)17/h3-11,19H,1-2H3. The van der Waals surface area contributed by atoms with Crippen LogP contribution in [-0.2, 0) is 0 Å². The molecular formula is C17H16N2. The molecule has 0 amide bonds. The Bertz CT molecular complexity index is 751. The Hall–Kier alpha value is -2.35. The van der Waals surface area contributed by atoms with E-state index in [0.29, 0.717) is 0 Å². The topological polar surface area (TPSA) is 28.1 Å². The van der Waals surface area contributed by atoms with E-state index in [2.05, 4.69) is 54.2 Å². The number of aliphatic imine (C=N–C) groups is 1. The highest BCUT2D eigenvalue weighted by Gasteiger charge is 2.00. The maximum absolute atomic E-state index is 4.59. The van der Waals surface area contributed by atoms with Crippen LogP contribution in [0, 0.1) is 13.8 Å². The first kappa shape index (κ1) is 11.7. The Morgan fingerprint density at radius 2 is 1.89 bits per heavy atom. The van der Waals surface area contributed by atoms with Gasteiger partial charge in [0.2, 0.25) is 0 Å². The van der Waals surface area contributed by atoms with Crippen molar-refractivity contribution in [2.45, 2.75) is 13.8 Å². The van der Waals surface area contributed by atoms with E-state index in [0.717, 1.165) is 16.8 Å². The summed E-state index contributed by atoms with van der Waals surface area (Å²) in [5.74, 6) is 0. The summed E-state index contributed by atoms with van der Waals surface area (Å²) in [7, 11) is 0. The highest BCUT2D eigenvalue weighted by atomic mass is 14.7. The van der Waals surface area contributed by atoms with E-state index in [1.807, 2.05) is 24.5 Å². The van der Waals surface area contributed by atoms with Crippen molar-refractivity contribution in [2.24, 2.45) is 4.99 Å². The average molecular weight is 248 g/mol. The van der Waals surface area contributed by atoms with Gasteiger partial charge < -0.3 is 4.98 Å². The Kier molecular flexibility index (Phi) is 2.92. The van der Waals surface area contributed by atoms with Crippen LogP contribution >= 0.6 is 0 Å². The Morgan fingerprint density at radius 1 is 1.05 bits per heavy atom. The fraction of sp³-hybridized carbons (Fsp3) is 0.118. The zero-order chi connectivity index (χ0) is 13.2. The molecule has 3 aromatic rings.